The van der Waals surface area contributed by atoms with E-state index in [9.17, 15) is 0 Å². The second-order valence-corrected chi connectivity index (χ2v) is 2.53. The van der Waals surface area contributed by atoms with Crippen LogP contribution in [0.2, 0.25) is 0 Å². The van der Waals surface area contributed by atoms with Gasteiger partial charge in [-0.05, 0) is 6.92 Å². The molecule has 0 spiro atoms. The van der Waals surface area contributed by atoms with Crippen LogP contribution in [-0.4, -0.2) is 21.6 Å². The van der Waals surface area contributed by atoms with Crippen LogP contribution in [0.4, 0.5) is 0 Å². The average Bonchev–Trinajstić information content (AvgIpc) is 2.57. The zero-order chi connectivity index (χ0) is 8.97. The molecule has 1 atom stereocenters. The first-order valence-corrected chi connectivity index (χ1v) is 4.35. The van der Waals surface area contributed by atoms with Gasteiger partial charge in [0.1, 0.15) is 0 Å². The van der Waals surface area contributed by atoms with Crippen LogP contribution in [0.5, 0.6) is 0 Å². The Morgan fingerprint density at radius 3 is 3.00 bits per heavy atom. The van der Waals surface area contributed by atoms with Crippen molar-refractivity contribution in [2.75, 3.05) is 6.61 Å². The van der Waals surface area contributed by atoms with Gasteiger partial charge in [-0.25, -0.2) is 4.68 Å². The monoisotopic (exact) mass is 169 g/mol. The Balaban J connectivity index is 0.000000336. The summed E-state index contributed by atoms with van der Waals surface area (Å²) in [6.45, 7) is 7.46. The third kappa shape index (κ3) is 1.64. The summed E-state index contributed by atoms with van der Waals surface area (Å²) in [6, 6.07) is 0.339. The van der Waals surface area contributed by atoms with E-state index >= 15 is 0 Å². The molecule has 0 N–H and O–H groups in total. The zero-order valence-corrected chi connectivity index (χ0v) is 7.82. The largest absolute Gasteiger partial charge is 0.373 e. The molecule has 1 aromatic heterocycles. The van der Waals surface area contributed by atoms with Gasteiger partial charge in [0.25, 0.3) is 0 Å². The first kappa shape index (κ1) is 9.19. The topological polar surface area (TPSA) is 39.9 Å². The lowest BCUT2D eigenvalue weighted by atomic mass is 10.3. The summed E-state index contributed by atoms with van der Waals surface area (Å²) in [6.07, 6.45) is 1.75. The van der Waals surface area contributed by atoms with Crippen molar-refractivity contribution in [1.29, 1.82) is 0 Å². The van der Waals surface area contributed by atoms with E-state index in [2.05, 4.69) is 17.2 Å². The fourth-order valence-electron chi connectivity index (χ4n) is 1.14. The summed E-state index contributed by atoms with van der Waals surface area (Å²) < 4.78 is 7.17. The van der Waals surface area contributed by atoms with Crippen molar-refractivity contribution in [3.8, 4) is 0 Å². The molecule has 0 bridgehead atoms. The van der Waals surface area contributed by atoms with E-state index in [1.54, 1.807) is 6.20 Å². The van der Waals surface area contributed by atoms with Crippen molar-refractivity contribution in [2.45, 2.75) is 33.4 Å². The molecule has 1 aliphatic rings. The lowest BCUT2D eigenvalue weighted by molar-refractivity contribution is 0.0572. The van der Waals surface area contributed by atoms with Gasteiger partial charge >= 0.3 is 0 Å². The Kier molecular flexibility index (Phi) is 3.22. The molecule has 0 radical (unpaired) electrons. The van der Waals surface area contributed by atoms with E-state index in [0.717, 1.165) is 12.3 Å². The van der Waals surface area contributed by atoms with Crippen LogP contribution in [0.25, 0.3) is 0 Å². The fourth-order valence-corrected chi connectivity index (χ4v) is 1.14. The highest BCUT2D eigenvalue weighted by atomic mass is 16.5. The Hall–Kier alpha value is -0.900. The van der Waals surface area contributed by atoms with Crippen LogP contribution < -0.4 is 0 Å². The highest BCUT2D eigenvalue weighted by Gasteiger charge is 2.16. The van der Waals surface area contributed by atoms with Crippen LogP contribution in [0, 0.1) is 0 Å². The predicted molar refractivity (Wildman–Crippen MR) is 45.7 cm³/mol. The molecule has 0 aliphatic carbocycles. The highest BCUT2D eigenvalue weighted by molar-refractivity contribution is 4.95. The summed E-state index contributed by atoms with van der Waals surface area (Å²) >= 11 is 0. The Bertz CT molecular complexity index is 234. The summed E-state index contributed by atoms with van der Waals surface area (Å²) in [4.78, 5) is 0. The van der Waals surface area contributed by atoms with E-state index in [4.69, 9.17) is 4.74 Å². The fraction of sp³-hybridized carbons (Fsp3) is 0.750. The molecule has 0 fully saturated rings. The average molecular weight is 169 g/mol. The predicted octanol–water partition coefficient (Wildman–Crippen LogP) is 1.40. The minimum absolute atomic E-state index is 0.339. The quantitative estimate of drug-likeness (QED) is 0.589. The normalized spacial score (nSPS) is 20.8. The molecule has 1 aliphatic heterocycles. The zero-order valence-electron chi connectivity index (χ0n) is 7.82. The Morgan fingerprint density at radius 2 is 2.33 bits per heavy atom. The van der Waals surface area contributed by atoms with Gasteiger partial charge in [-0.3, -0.25) is 0 Å². The van der Waals surface area contributed by atoms with Crippen molar-refractivity contribution in [2.24, 2.45) is 0 Å². The first-order valence-electron chi connectivity index (χ1n) is 4.35. The van der Waals surface area contributed by atoms with Crippen LogP contribution >= 0.6 is 0 Å². The number of fused-ring (bicyclic) bond motifs is 1. The van der Waals surface area contributed by atoms with Crippen LogP contribution in [0.3, 0.4) is 0 Å². The molecular formula is C8H15N3O. The van der Waals surface area contributed by atoms with Crippen molar-refractivity contribution < 1.29 is 4.74 Å². The van der Waals surface area contributed by atoms with Crippen molar-refractivity contribution in [3.05, 3.63) is 11.9 Å². The van der Waals surface area contributed by atoms with Crippen molar-refractivity contribution >= 4 is 0 Å². The summed E-state index contributed by atoms with van der Waals surface area (Å²) in [5.41, 5.74) is 1.07. The van der Waals surface area contributed by atoms with Gasteiger partial charge in [0.15, 0.2) is 0 Å². The van der Waals surface area contributed by atoms with Crippen molar-refractivity contribution in [3.63, 3.8) is 0 Å². The molecule has 0 saturated carbocycles. The maximum absolute atomic E-state index is 5.27. The number of hydrogen-bond donors (Lipinski definition) is 0. The molecule has 1 unspecified atom stereocenters. The van der Waals surface area contributed by atoms with E-state index < -0.39 is 0 Å². The minimum Gasteiger partial charge on any atom is -0.373 e. The smallest absolute Gasteiger partial charge is 0.0902 e. The number of ether oxygens (including phenoxy) is 1. The molecule has 2 heterocycles. The second-order valence-electron chi connectivity index (χ2n) is 2.53. The molecule has 0 aromatic carbocycles. The minimum atomic E-state index is 0.339. The Morgan fingerprint density at radius 1 is 1.58 bits per heavy atom. The van der Waals surface area contributed by atoms with E-state index in [-0.39, 0.29) is 0 Å². The van der Waals surface area contributed by atoms with Crippen LogP contribution in [0.1, 0.15) is 32.5 Å². The third-order valence-corrected chi connectivity index (χ3v) is 1.68. The van der Waals surface area contributed by atoms with Gasteiger partial charge in [-0.15, -0.1) is 5.10 Å². The summed E-state index contributed by atoms with van der Waals surface area (Å²) in [7, 11) is 0. The van der Waals surface area contributed by atoms with E-state index in [0.29, 0.717) is 12.6 Å². The van der Waals surface area contributed by atoms with Gasteiger partial charge in [-0.2, -0.15) is 0 Å². The molecule has 4 heteroatoms. The maximum Gasteiger partial charge on any atom is 0.0902 e. The van der Waals surface area contributed by atoms with Gasteiger partial charge in [0.2, 0.25) is 0 Å². The lowest BCUT2D eigenvalue weighted by Crippen LogP contribution is -2.21. The molecule has 4 nitrogen and oxygen atoms in total. The summed E-state index contributed by atoms with van der Waals surface area (Å²) in [5.74, 6) is 0. The lowest BCUT2D eigenvalue weighted by Gasteiger charge is -2.19. The second kappa shape index (κ2) is 4.21. The SMILES string of the molecule is CC.CC1COCc2cnnn21. The third-order valence-electron chi connectivity index (χ3n) is 1.68. The van der Waals surface area contributed by atoms with Gasteiger partial charge < -0.3 is 4.74 Å². The molecule has 0 saturated heterocycles. The maximum atomic E-state index is 5.27. The number of nitrogens with zero attached hydrogens (tertiary/aromatic N) is 3. The summed E-state index contributed by atoms with van der Waals surface area (Å²) in [5, 5.41) is 7.71. The standard InChI is InChI=1S/C6H9N3O.C2H6/c1-5-3-10-4-6-2-7-8-9(5)6;1-2/h2,5H,3-4H2,1H3;1-2H3. The van der Waals surface area contributed by atoms with Crippen molar-refractivity contribution in [1.82, 2.24) is 15.0 Å². The number of aromatic nitrogens is 3. The van der Waals surface area contributed by atoms with Gasteiger partial charge in [0.05, 0.1) is 31.1 Å². The van der Waals surface area contributed by atoms with Gasteiger partial charge in [0, 0.05) is 0 Å². The van der Waals surface area contributed by atoms with E-state index in [1.165, 1.54) is 0 Å². The number of hydrogen-bond acceptors (Lipinski definition) is 3. The highest BCUT2D eigenvalue weighted by Crippen LogP contribution is 2.14. The molecule has 68 valence electrons. The number of rotatable bonds is 0. The molecule has 2 rings (SSSR count). The molecule has 1 aromatic rings. The first-order chi connectivity index (χ1) is 5.88. The molecule has 0 amide bonds. The van der Waals surface area contributed by atoms with Gasteiger partial charge in [-0.1, -0.05) is 19.1 Å². The molecule has 12 heavy (non-hydrogen) atoms. The molecular weight excluding hydrogens is 154 g/mol. The van der Waals surface area contributed by atoms with Crippen LogP contribution in [0.15, 0.2) is 6.20 Å². The van der Waals surface area contributed by atoms with Crippen LogP contribution in [-0.2, 0) is 11.3 Å². The van der Waals surface area contributed by atoms with E-state index in [1.807, 2.05) is 18.5 Å². The Labute approximate surface area is 72.5 Å².